The fourth-order valence-corrected chi connectivity index (χ4v) is 2.30. The first-order valence-corrected chi connectivity index (χ1v) is 10.8. The van der Waals surface area contributed by atoms with Crippen molar-refractivity contribution in [2.75, 3.05) is 40.5 Å². The van der Waals surface area contributed by atoms with Gasteiger partial charge in [0.05, 0.1) is 25.7 Å². The van der Waals surface area contributed by atoms with Gasteiger partial charge in [-0.3, -0.25) is 9.59 Å². The van der Waals surface area contributed by atoms with Crippen LogP contribution in [0.2, 0.25) is 0 Å². The van der Waals surface area contributed by atoms with Crippen molar-refractivity contribution in [3.8, 4) is 5.75 Å². The molecule has 0 fully saturated rings. The van der Waals surface area contributed by atoms with Crippen molar-refractivity contribution in [1.82, 2.24) is 5.32 Å². The van der Waals surface area contributed by atoms with Gasteiger partial charge in [-0.15, -0.1) is 6.58 Å². The summed E-state index contributed by atoms with van der Waals surface area (Å²) in [5.41, 5.74) is 0.548. The van der Waals surface area contributed by atoms with E-state index in [1.807, 2.05) is 65.1 Å². The summed E-state index contributed by atoms with van der Waals surface area (Å²) in [4.78, 5) is 20.2. The number of para-hydroxylation sites is 1. The molecule has 1 atom stereocenters. The minimum absolute atomic E-state index is 0.0343. The van der Waals surface area contributed by atoms with Crippen molar-refractivity contribution >= 4 is 12.9 Å². The third-order valence-electron chi connectivity index (χ3n) is 4.15. The molecule has 184 valence electrons. The summed E-state index contributed by atoms with van der Waals surface area (Å²) in [6.45, 7) is 14.7. The smallest absolute Gasteiger partial charge is 0.293 e. The van der Waals surface area contributed by atoms with Gasteiger partial charge >= 0.3 is 0 Å². The maximum atomic E-state index is 10.5. The van der Waals surface area contributed by atoms with E-state index in [1.54, 1.807) is 7.11 Å². The normalized spacial score (nSPS) is 10.9. The second kappa shape index (κ2) is 21.8. The zero-order valence-corrected chi connectivity index (χ0v) is 20.7. The van der Waals surface area contributed by atoms with Crippen molar-refractivity contribution in [3.63, 3.8) is 0 Å². The molecule has 1 unspecified atom stereocenters. The van der Waals surface area contributed by atoms with E-state index in [0.717, 1.165) is 31.6 Å². The molecule has 1 rings (SSSR count). The molecule has 0 aliphatic carbocycles. The molecular formula is C25H43NO6. The quantitative estimate of drug-likeness (QED) is 0.239. The molecule has 7 nitrogen and oxygen atoms in total. The van der Waals surface area contributed by atoms with Crippen molar-refractivity contribution < 1.29 is 28.5 Å². The van der Waals surface area contributed by atoms with Crippen molar-refractivity contribution in [3.05, 3.63) is 42.5 Å². The number of hydrogen-bond donors (Lipinski definition) is 1. The summed E-state index contributed by atoms with van der Waals surface area (Å²) in [7, 11) is 3.55. The first-order chi connectivity index (χ1) is 15.2. The van der Waals surface area contributed by atoms with Gasteiger partial charge < -0.3 is 24.3 Å². The lowest BCUT2D eigenvalue weighted by Gasteiger charge is -2.31. The number of nitrogens with one attached hydrogen (secondary N) is 1. The number of rotatable bonds is 15. The summed E-state index contributed by atoms with van der Waals surface area (Å²) in [5.74, 6) is 0.758. The standard InChI is InChI=1S/C14H20O4.C7H15NO2.C4H8/c1-14(2,18-11-15)12(9-16-3)10-17-13-7-5-4-6-8-13;1-8-5-3-2-4-6-10-7-9;1-4(2)3/h4-8,11-12H,9-10H2,1-3H3;7-8H,2-6H2,1H3;1H2,2-3H3. The summed E-state index contributed by atoms with van der Waals surface area (Å²) in [6, 6.07) is 9.52. The zero-order chi connectivity index (χ0) is 24.7. The van der Waals surface area contributed by atoms with E-state index >= 15 is 0 Å². The Morgan fingerprint density at radius 1 is 1.06 bits per heavy atom. The maximum Gasteiger partial charge on any atom is 0.293 e. The van der Waals surface area contributed by atoms with Crippen LogP contribution in [0.4, 0.5) is 0 Å². The van der Waals surface area contributed by atoms with Crippen LogP contribution >= 0.6 is 0 Å². The van der Waals surface area contributed by atoms with Crippen LogP contribution in [0.25, 0.3) is 0 Å². The Morgan fingerprint density at radius 2 is 1.69 bits per heavy atom. The Bertz CT molecular complexity index is 573. The van der Waals surface area contributed by atoms with E-state index in [-0.39, 0.29) is 5.92 Å². The zero-order valence-electron chi connectivity index (χ0n) is 20.7. The Kier molecular flexibility index (Phi) is 21.7. The largest absolute Gasteiger partial charge is 0.493 e. The maximum absolute atomic E-state index is 10.5. The summed E-state index contributed by atoms with van der Waals surface area (Å²) < 4.78 is 20.4. The predicted molar refractivity (Wildman–Crippen MR) is 129 cm³/mol. The molecule has 0 aliphatic rings. The van der Waals surface area contributed by atoms with Gasteiger partial charge in [0.15, 0.2) is 0 Å². The highest BCUT2D eigenvalue weighted by molar-refractivity contribution is 5.38. The highest BCUT2D eigenvalue weighted by Gasteiger charge is 2.32. The van der Waals surface area contributed by atoms with Crippen LogP contribution in [-0.4, -0.2) is 59.1 Å². The molecule has 0 bridgehead atoms. The molecule has 7 heteroatoms. The highest BCUT2D eigenvalue weighted by Crippen LogP contribution is 2.22. The van der Waals surface area contributed by atoms with E-state index in [0.29, 0.717) is 32.8 Å². The topological polar surface area (TPSA) is 83.1 Å². The summed E-state index contributed by atoms with van der Waals surface area (Å²) >= 11 is 0. The van der Waals surface area contributed by atoms with Gasteiger partial charge in [0.2, 0.25) is 0 Å². The SMILES string of the molecule is C=C(C)C.CNCCCCCOC=O.COCC(COc1ccccc1)C(C)(C)OC=O. The number of allylic oxidation sites excluding steroid dienone is 1. The number of benzene rings is 1. The Balaban J connectivity index is 0. The van der Waals surface area contributed by atoms with Crippen LogP contribution in [-0.2, 0) is 23.8 Å². The number of carbonyl (C=O) groups excluding carboxylic acids is 2. The lowest BCUT2D eigenvalue weighted by molar-refractivity contribution is -0.149. The molecule has 1 aromatic carbocycles. The van der Waals surface area contributed by atoms with Gasteiger partial charge in [0.25, 0.3) is 12.9 Å². The minimum Gasteiger partial charge on any atom is -0.493 e. The second-order valence-electron chi connectivity index (χ2n) is 7.93. The fraction of sp³-hybridized carbons (Fsp3) is 0.600. The van der Waals surface area contributed by atoms with Crippen LogP contribution in [0.5, 0.6) is 5.75 Å². The van der Waals surface area contributed by atoms with Gasteiger partial charge in [-0.1, -0.05) is 23.8 Å². The van der Waals surface area contributed by atoms with Crippen LogP contribution in [0, 0.1) is 5.92 Å². The molecule has 1 N–H and O–H groups in total. The van der Waals surface area contributed by atoms with E-state index in [2.05, 4.69) is 16.6 Å². The van der Waals surface area contributed by atoms with E-state index < -0.39 is 5.60 Å². The molecule has 0 saturated heterocycles. The molecule has 0 amide bonds. The lowest BCUT2D eigenvalue weighted by Crippen LogP contribution is -2.40. The van der Waals surface area contributed by atoms with Gasteiger partial charge in [-0.05, 0) is 72.7 Å². The number of carbonyl (C=O) groups is 2. The van der Waals surface area contributed by atoms with Crippen LogP contribution in [0.15, 0.2) is 42.5 Å². The molecule has 1 aromatic rings. The van der Waals surface area contributed by atoms with Crippen molar-refractivity contribution in [2.45, 2.75) is 52.6 Å². The molecule has 0 aliphatic heterocycles. The van der Waals surface area contributed by atoms with Crippen LogP contribution in [0.3, 0.4) is 0 Å². The van der Waals surface area contributed by atoms with Crippen molar-refractivity contribution in [1.29, 1.82) is 0 Å². The minimum atomic E-state index is -0.619. The number of ether oxygens (including phenoxy) is 4. The fourth-order valence-electron chi connectivity index (χ4n) is 2.30. The predicted octanol–water partition coefficient (Wildman–Crippen LogP) is 4.41. The summed E-state index contributed by atoms with van der Waals surface area (Å²) in [6.07, 6.45) is 3.24. The Hall–Kier alpha value is -2.38. The molecular weight excluding hydrogens is 410 g/mol. The Morgan fingerprint density at radius 3 is 2.19 bits per heavy atom. The average Bonchev–Trinajstić information content (AvgIpc) is 2.74. The number of hydrogen-bond acceptors (Lipinski definition) is 7. The monoisotopic (exact) mass is 453 g/mol. The van der Waals surface area contributed by atoms with Gasteiger partial charge in [0, 0.05) is 7.11 Å². The highest BCUT2D eigenvalue weighted by atomic mass is 16.5. The van der Waals surface area contributed by atoms with Gasteiger partial charge in [0.1, 0.15) is 11.4 Å². The van der Waals surface area contributed by atoms with Gasteiger partial charge in [-0.2, -0.15) is 0 Å². The Labute approximate surface area is 194 Å². The lowest BCUT2D eigenvalue weighted by atomic mass is 9.92. The average molecular weight is 454 g/mol. The van der Waals surface area contributed by atoms with Gasteiger partial charge in [-0.25, -0.2) is 0 Å². The molecule has 32 heavy (non-hydrogen) atoms. The molecule has 0 aromatic heterocycles. The summed E-state index contributed by atoms with van der Waals surface area (Å²) in [5, 5.41) is 3.05. The third-order valence-corrected chi connectivity index (χ3v) is 4.15. The van der Waals surface area contributed by atoms with Crippen molar-refractivity contribution in [2.24, 2.45) is 5.92 Å². The first-order valence-electron chi connectivity index (χ1n) is 10.8. The van der Waals surface area contributed by atoms with E-state index in [9.17, 15) is 9.59 Å². The molecule has 0 spiro atoms. The first kappa shape index (κ1) is 31.8. The molecule has 0 saturated carbocycles. The van der Waals surface area contributed by atoms with E-state index in [1.165, 1.54) is 5.57 Å². The van der Waals surface area contributed by atoms with E-state index in [4.69, 9.17) is 14.2 Å². The number of methoxy groups -OCH3 is 1. The molecule has 0 heterocycles. The van der Waals surface area contributed by atoms with Crippen LogP contribution < -0.4 is 10.1 Å². The second-order valence-corrected chi connectivity index (χ2v) is 7.93. The third kappa shape index (κ3) is 20.9. The number of unbranched alkanes of at least 4 members (excludes halogenated alkanes) is 2. The molecule has 0 radical (unpaired) electrons. The van der Waals surface area contributed by atoms with Crippen LogP contribution in [0.1, 0.15) is 47.0 Å².